The van der Waals surface area contributed by atoms with Gasteiger partial charge in [0.1, 0.15) is 5.82 Å². The van der Waals surface area contributed by atoms with Crippen LogP contribution < -0.4 is 5.32 Å². The van der Waals surface area contributed by atoms with Crippen molar-refractivity contribution in [2.45, 2.75) is 20.8 Å². The van der Waals surface area contributed by atoms with Crippen LogP contribution in [0, 0.1) is 16.7 Å². The summed E-state index contributed by atoms with van der Waals surface area (Å²) >= 11 is 0. The summed E-state index contributed by atoms with van der Waals surface area (Å²) in [5, 5.41) is 11.9. The monoisotopic (exact) mass is 217 g/mol. The number of nitrogens with one attached hydrogen (secondary N) is 1. The maximum absolute atomic E-state index is 11.0. The van der Waals surface area contributed by atoms with Crippen LogP contribution in [0.1, 0.15) is 31.1 Å². The van der Waals surface area contributed by atoms with Crippen molar-refractivity contribution < 1.29 is 4.79 Å². The SMILES string of the molecule is CC(=O)c1ccc(NCC(C)(C)C#N)nc1. The minimum atomic E-state index is -0.430. The van der Waals surface area contributed by atoms with Gasteiger partial charge in [0.2, 0.25) is 0 Å². The van der Waals surface area contributed by atoms with Crippen molar-refractivity contribution in [1.82, 2.24) is 4.98 Å². The Labute approximate surface area is 95.3 Å². The Bertz CT molecular complexity index is 415. The lowest BCUT2D eigenvalue weighted by Gasteiger charge is -2.16. The Hall–Kier alpha value is -1.89. The lowest BCUT2D eigenvalue weighted by molar-refractivity contribution is 0.101. The van der Waals surface area contributed by atoms with Crippen LogP contribution in [0.4, 0.5) is 5.82 Å². The van der Waals surface area contributed by atoms with E-state index in [-0.39, 0.29) is 5.78 Å². The molecule has 0 aliphatic rings. The van der Waals surface area contributed by atoms with Gasteiger partial charge in [-0.3, -0.25) is 4.79 Å². The van der Waals surface area contributed by atoms with Crippen molar-refractivity contribution >= 4 is 11.6 Å². The molecule has 0 aliphatic heterocycles. The molecule has 0 spiro atoms. The fourth-order valence-electron chi connectivity index (χ4n) is 1.06. The average molecular weight is 217 g/mol. The molecule has 0 unspecified atom stereocenters. The quantitative estimate of drug-likeness (QED) is 0.785. The molecular weight excluding hydrogens is 202 g/mol. The fourth-order valence-corrected chi connectivity index (χ4v) is 1.06. The molecule has 4 nitrogen and oxygen atoms in total. The second-order valence-electron chi connectivity index (χ2n) is 4.34. The summed E-state index contributed by atoms with van der Waals surface area (Å²) in [5.74, 6) is 0.671. The number of hydrogen-bond acceptors (Lipinski definition) is 4. The lowest BCUT2D eigenvalue weighted by Crippen LogP contribution is -2.21. The van der Waals surface area contributed by atoms with Crippen LogP contribution in [-0.4, -0.2) is 17.3 Å². The average Bonchev–Trinajstić information content (AvgIpc) is 2.27. The van der Waals surface area contributed by atoms with Crippen molar-refractivity contribution in [2.75, 3.05) is 11.9 Å². The highest BCUT2D eigenvalue weighted by Gasteiger charge is 2.16. The highest BCUT2D eigenvalue weighted by atomic mass is 16.1. The van der Waals surface area contributed by atoms with Gasteiger partial charge in [-0.05, 0) is 32.9 Å². The molecule has 1 aromatic rings. The van der Waals surface area contributed by atoms with E-state index in [1.165, 1.54) is 13.1 Å². The zero-order chi connectivity index (χ0) is 12.2. The largest absolute Gasteiger partial charge is 0.368 e. The van der Waals surface area contributed by atoms with Crippen LogP contribution in [0.2, 0.25) is 0 Å². The Kier molecular flexibility index (Phi) is 3.62. The molecule has 0 amide bonds. The molecule has 84 valence electrons. The summed E-state index contributed by atoms with van der Waals surface area (Å²) in [7, 11) is 0. The Balaban J connectivity index is 2.64. The summed E-state index contributed by atoms with van der Waals surface area (Å²) in [4.78, 5) is 15.1. The maximum atomic E-state index is 11.0. The standard InChI is InChI=1S/C12H15N3O/c1-9(16)10-4-5-11(14-6-10)15-8-12(2,3)7-13/h4-6H,8H2,1-3H3,(H,14,15). The summed E-state index contributed by atoms with van der Waals surface area (Å²) in [6, 6.07) is 5.66. The molecule has 1 N–H and O–H groups in total. The molecule has 0 aliphatic carbocycles. The normalized spacial score (nSPS) is 10.6. The summed E-state index contributed by atoms with van der Waals surface area (Å²) in [6.07, 6.45) is 1.53. The zero-order valence-corrected chi connectivity index (χ0v) is 9.74. The molecule has 4 heteroatoms. The molecule has 1 aromatic heterocycles. The van der Waals surface area contributed by atoms with Gasteiger partial charge in [-0.25, -0.2) is 4.98 Å². The van der Waals surface area contributed by atoms with E-state index < -0.39 is 5.41 Å². The van der Waals surface area contributed by atoms with Crippen LogP contribution in [0.3, 0.4) is 0 Å². The van der Waals surface area contributed by atoms with Gasteiger partial charge in [-0.15, -0.1) is 0 Å². The lowest BCUT2D eigenvalue weighted by atomic mass is 9.96. The number of pyridine rings is 1. The number of Topliss-reactive ketones (excluding diaryl/α,β-unsaturated/α-hetero) is 1. The highest BCUT2D eigenvalue weighted by Crippen LogP contribution is 2.14. The minimum absolute atomic E-state index is 0.00333. The van der Waals surface area contributed by atoms with E-state index in [0.717, 1.165) is 0 Å². The van der Waals surface area contributed by atoms with E-state index in [1.54, 1.807) is 12.1 Å². The van der Waals surface area contributed by atoms with Crippen LogP contribution in [0.15, 0.2) is 18.3 Å². The van der Waals surface area contributed by atoms with Gasteiger partial charge in [-0.2, -0.15) is 5.26 Å². The topological polar surface area (TPSA) is 65.8 Å². The van der Waals surface area contributed by atoms with E-state index >= 15 is 0 Å². The van der Waals surface area contributed by atoms with Crippen molar-refractivity contribution in [3.05, 3.63) is 23.9 Å². The molecule has 0 aromatic carbocycles. The number of carbonyl (C=O) groups excluding carboxylic acids is 1. The van der Waals surface area contributed by atoms with Crippen molar-refractivity contribution in [1.29, 1.82) is 5.26 Å². The van der Waals surface area contributed by atoms with Gasteiger partial charge in [0.05, 0.1) is 11.5 Å². The van der Waals surface area contributed by atoms with Crippen molar-refractivity contribution in [3.63, 3.8) is 0 Å². The van der Waals surface area contributed by atoms with Crippen LogP contribution >= 0.6 is 0 Å². The molecule has 0 saturated heterocycles. The van der Waals surface area contributed by atoms with Crippen LogP contribution in [0.25, 0.3) is 0 Å². The van der Waals surface area contributed by atoms with E-state index in [2.05, 4.69) is 16.4 Å². The van der Waals surface area contributed by atoms with Gasteiger partial charge < -0.3 is 5.32 Å². The maximum Gasteiger partial charge on any atom is 0.161 e. The molecule has 1 heterocycles. The molecule has 1 rings (SSSR count). The molecular formula is C12H15N3O. The first kappa shape index (κ1) is 12.2. The predicted octanol–water partition coefficient (Wildman–Crippen LogP) is 2.25. The van der Waals surface area contributed by atoms with Crippen molar-refractivity contribution in [2.24, 2.45) is 5.41 Å². The number of carbonyl (C=O) groups is 1. The number of aromatic nitrogens is 1. The number of rotatable bonds is 4. The van der Waals surface area contributed by atoms with Crippen molar-refractivity contribution in [3.8, 4) is 6.07 Å². The zero-order valence-electron chi connectivity index (χ0n) is 9.74. The number of hydrogen-bond donors (Lipinski definition) is 1. The number of nitriles is 1. The third-order valence-corrected chi connectivity index (χ3v) is 2.18. The highest BCUT2D eigenvalue weighted by molar-refractivity contribution is 5.93. The van der Waals surface area contributed by atoms with Crippen LogP contribution in [-0.2, 0) is 0 Å². The minimum Gasteiger partial charge on any atom is -0.368 e. The third kappa shape index (κ3) is 3.35. The first-order valence-electron chi connectivity index (χ1n) is 5.07. The number of nitrogens with zero attached hydrogens (tertiary/aromatic N) is 2. The second-order valence-corrected chi connectivity index (χ2v) is 4.34. The Morgan fingerprint density at radius 1 is 1.56 bits per heavy atom. The Morgan fingerprint density at radius 2 is 2.25 bits per heavy atom. The molecule has 0 atom stereocenters. The molecule has 0 radical (unpaired) electrons. The fraction of sp³-hybridized carbons (Fsp3) is 0.417. The molecule has 0 bridgehead atoms. The van der Waals surface area contributed by atoms with Crippen LogP contribution in [0.5, 0.6) is 0 Å². The first-order chi connectivity index (χ1) is 7.44. The number of ketones is 1. The van der Waals surface area contributed by atoms with Gasteiger partial charge in [-0.1, -0.05) is 0 Å². The third-order valence-electron chi connectivity index (χ3n) is 2.18. The smallest absolute Gasteiger partial charge is 0.161 e. The van der Waals surface area contributed by atoms with Gasteiger partial charge in [0, 0.05) is 18.3 Å². The summed E-state index contributed by atoms with van der Waals surface area (Å²) in [6.45, 7) is 5.73. The molecule has 0 saturated carbocycles. The second kappa shape index (κ2) is 4.75. The molecule has 16 heavy (non-hydrogen) atoms. The Morgan fingerprint density at radius 3 is 2.69 bits per heavy atom. The van der Waals surface area contributed by atoms with E-state index in [1.807, 2.05) is 13.8 Å². The van der Waals surface area contributed by atoms with Gasteiger partial charge in [0.25, 0.3) is 0 Å². The van der Waals surface area contributed by atoms with Gasteiger partial charge in [0.15, 0.2) is 5.78 Å². The first-order valence-corrected chi connectivity index (χ1v) is 5.07. The van der Waals surface area contributed by atoms with E-state index in [0.29, 0.717) is 17.9 Å². The number of anilines is 1. The molecule has 0 fully saturated rings. The van der Waals surface area contributed by atoms with E-state index in [9.17, 15) is 4.79 Å². The predicted molar refractivity (Wildman–Crippen MR) is 62.1 cm³/mol. The van der Waals surface area contributed by atoms with E-state index in [4.69, 9.17) is 5.26 Å². The summed E-state index contributed by atoms with van der Waals surface area (Å²) in [5.41, 5.74) is 0.158. The summed E-state index contributed by atoms with van der Waals surface area (Å²) < 4.78 is 0. The van der Waals surface area contributed by atoms with Gasteiger partial charge >= 0.3 is 0 Å².